The Hall–Kier alpha value is -1.79. The van der Waals surface area contributed by atoms with Crippen LogP contribution >= 0.6 is 0 Å². The summed E-state index contributed by atoms with van der Waals surface area (Å²) in [7, 11) is 0. The largest absolute Gasteiger partial charge is 0.490 e. The van der Waals surface area contributed by atoms with Gasteiger partial charge in [0.15, 0.2) is 11.5 Å². The zero-order valence-corrected chi connectivity index (χ0v) is 14.6. The van der Waals surface area contributed by atoms with Crippen LogP contribution in [0.1, 0.15) is 25.8 Å². The van der Waals surface area contributed by atoms with Crippen LogP contribution in [0.5, 0.6) is 11.5 Å². The third kappa shape index (κ3) is 6.02. The molecule has 134 valence electrons. The van der Waals surface area contributed by atoms with E-state index in [1.165, 1.54) is 0 Å². The third-order valence-electron chi connectivity index (χ3n) is 3.76. The molecule has 1 saturated heterocycles. The summed E-state index contributed by atoms with van der Waals surface area (Å²) in [5, 5.41) is 6.18. The van der Waals surface area contributed by atoms with Crippen molar-refractivity contribution in [2.24, 2.45) is 0 Å². The molecule has 1 aliphatic heterocycles. The minimum Gasteiger partial charge on any atom is -0.490 e. The van der Waals surface area contributed by atoms with Gasteiger partial charge in [0, 0.05) is 19.6 Å². The fraction of sp³-hybridized carbons (Fsp3) is 0.611. The monoisotopic (exact) mass is 336 g/mol. The van der Waals surface area contributed by atoms with Crippen molar-refractivity contribution < 1.29 is 19.0 Å². The molecule has 2 N–H and O–H groups in total. The lowest BCUT2D eigenvalue weighted by Gasteiger charge is -2.23. The number of carbonyl (C=O) groups is 1. The van der Waals surface area contributed by atoms with E-state index >= 15 is 0 Å². The Labute approximate surface area is 143 Å². The number of ether oxygens (including phenoxy) is 3. The average Bonchev–Trinajstić information content (AvgIpc) is 2.58. The Morgan fingerprint density at radius 2 is 2.08 bits per heavy atom. The van der Waals surface area contributed by atoms with Gasteiger partial charge in [-0.25, -0.2) is 0 Å². The number of nitrogens with one attached hydrogen (secondary N) is 2. The van der Waals surface area contributed by atoms with E-state index in [1.807, 2.05) is 32.0 Å². The highest BCUT2D eigenvalue weighted by molar-refractivity contribution is 5.76. The molecule has 1 fully saturated rings. The summed E-state index contributed by atoms with van der Waals surface area (Å²) in [5.41, 5.74) is 1.11. The van der Waals surface area contributed by atoms with Crippen LogP contribution in [-0.4, -0.2) is 51.5 Å². The Morgan fingerprint density at radius 3 is 2.79 bits per heavy atom. The smallest absolute Gasteiger partial charge is 0.222 e. The van der Waals surface area contributed by atoms with Gasteiger partial charge in [-0.15, -0.1) is 0 Å². The average molecular weight is 336 g/mol. The molecule has 0 saturated carbocycles. The number of hydrogen-bond acceptors (Lipinski definition) is 5. The SMILES string of the molecule is CCOc1ccc(CCNC(=O)CC2CNCCO2)cc1OCC. The first kappa shape index (κ1) is 18.5. The second-order valence-electron chi connectivity index (χ2n) is 5.65. The van der Waals surface area contributed by atoms with Gasteiger partial charge in [0.1, 0.15) is 0 Å². The molecule has 2 rings (SSSR count). The summed E-state index contributed by atoms with van der Waals surface area (Å²) in [5.74, 6) is 1.54. The van der Waals surface area contributed by atoms with Crippen molar-refractivity contribution >= 4 is 5.91 Å². The lowest BCUT2D eigenvalue weighted by molar-refractivity contribution is -0.124. The van der Waals surface area contributed by atoms with Crippen molar-refractivity contribution in [3.05, 3.63) is 23.8 Å². The van der Waals surface area contributed by atoms with Gasteiger partial charge >= 0.3 is 0 Å². The first-order valence-electron chi connectivity index (χ1n) is 8.70. The standard InChI is InChI=1S/C18H28N2O4/c1-3-22-16-6-5-14(11-17(16)23-4-2)7-8-20-18(21)12-15-13-19-9-10-24-15/h5-6,11,15,19H,3-4,7-10,12-13H2,1-2H3,(H,20,21). The van der Waals surface area contributed by atoms with Crippen molar-refractivity contribution in [1.82, 2.24) is 10.6 Å². The molecule has 0 radical (unpaired) electrons. The number of morpholine rings is 1. The van der Waals surface area contributed by atoms with Crippen LogP contribution in [0.25, 0.3) is 0 Å². The van der Waals surface area contributed by atoms with Crippen LogP contribution in [0.3, 0.4) is 0 Å². The van der Waals surface area contributed by atoms with Gasteiger partial charge in [0.05, 0.1) is 32.3 Å². The molecule has 1 aromatic carbocycles. The topological polar surface area (TPSA) is 68.8 Å². The first-order valence-corrected chi connectivity index (χ1v) is 8.70. The summed E-state index contributed by atoms with van der Waals surface area (Å²) in [6.07, 6.45) is 1.14. The lowest BCUT2D eigenvalue weighted by atomic mass is 10.1. The fourth-order valence-corrected chi connectivity index (χ4v) is 2.63. The maximum Gasteiger partial charge on any atom is 0.222 e. The number of rotatable bonds is 9. The van der Waals surface area contributed by atoms with Crippen molar-refractivity contribution in [3.63, 3.8) is 0 Å². The summed E-state index contributed by atoms with van der Waals surface area (Å²) in [4.78, 5) is 11.9. The van der Waals surface area contributed by atoms with E-state index < -0.39 is 0 Å². The summed E-state index contributed by atoms with van der Waals surface area (Å²) < 4.78 is 16.7. The zero-order valence-electron chi connectivity index (χ0n) is 14.6. The maximum absolute atomic E-state index is 11.9. The molecule has 0 bridgehead atoms. The van der Waals surface area contributed by atoms with Crippen LogP contribution in [0, 0.1) is 0 Å². The van der Waals surface area contributed by atoms with Gasteiger partial charge in [0.2, 0.25) is 5.91 Å². The van der Waals surface area contributed by atoms with Gasteiger partial charge in [-0.1, -0.05) is 6.07 Å². The molecule has 24 heavy (non-hydrogen) atoms. The molecule has 0 spiro atoms. The van der Waals surface area contributed by atoms with Gasteiger partial charge in [-0.05, 0) is 38.0 Å². The number of amides is 1. The summed E-state index contributed by atoms with van der Waals surface area (Å²) in [6, 6.07) is 5.91. The minimum absolute atomic E-state index is 0.0196. The predicted octanol–water partition coefficient (Wildman–Crippen LogP) is 1.52. The van der Waals surface area contributed by atoms with E-state index in [-0.39, 0.29) is 12.0 Å². The van der Waals surface area contributed by atoms with E-state index in [4.69, 9.17) is 14.2 Å². The molecule has 1 amide bonds. The molecule has 1 aliphatic rings. The highest BCUT2D eigenvalue weighted by Crippen LogP contribution is 2.28. The molecule has 1 heterocycles. The summed E-state index contributed by atoms with van der Waals surface area (Å²) in [6.45, 7) is 7.96. The molecular weight excluding hydrogens is 308 g/mol. The Kier molecular flexibility index (Phi) is 7.85. The van der Waals surface area contributed by atoms with Gasteiger partial charge < -0.3 is 24.8 Å². The highest BCUT2D eigenvalue weighted by atomic mass is 16.5. The van der Waals surface area contributed by atoms with Crippen molar-refractivity contribution in [2.45, 2.75) is 32.8 Å². The molecular formula is C18H28N2O4. The van der Waals surface area contributed by atoms with Crippen molar-refractivity contribution in [2.75, 3.05) is 39.5 Å². The number of carbonyl (C=O) groups excluding carboxylic acids is 1. The highest BCUT2D eigenvalue weighted by Gasteiger charge is 2.17. The predicted molar refractivity (Wildman–Crippen MR) is 92.7 cm³/mol. The number of hydrogen-bond donors (Lipinski definition) is 2. The maximum atomic E-state index is 11.9. The second-order valence-corrected chi connectivity index (χ2v) is 5.65. The first-order chi connectivity index (χ1) is 11.7. The van der Waals surface area contributed by atoms with Crippen LogP contribution < -0.4 is 20.1 Å². The molecule has 1 atom stereocenters. The van der Waals surface area contributed by atoms with E-state index in [0.29, 0.717) is 32.8 Å². The zero-order chi connectivity index (χ0) is 17.2. The fourth-order valence-electron chi connectivity index (χ4n) is 2.63. The normalized spacial score (nSPS) is 17.3. The van der Waals surface area contributed by atoms with E-state index in [1.54, 1.807) is 0 Å². The molecule has 0 aromatic heterocycles. The lowest BCUT2D eigenvalue weighted by Crippen LogP contribution is -2.41. The van der Waals surface area contributed by atoms with Crippen molar-refractivity contribution in [1.29, 1.82) is 0 Å². The van der Waals surface area contributed by atoms with Gasteiger partial charge in [0.25, 0.3) is 0 Å². The minimum atomic E-state index is -0.0196. The second kappa shape index (κ2) is 10.2. The quantitative estimate of drug-likeness (QED) is 0.716. The molecule has 1 aromatic rings. The van der Waals surface area contributed by atoms with Gasteiger partial charge in [-0.3, -0.25) is 4.79 Å². The Morgan fingerprint density at radius 1 is 1.29 bits per heavy atom. The van der Waals surface area contributed by atoms with Gasteiger partial charge in [-0.2, -0.15) is 0 Å². The Bertz CT molecular complexity index is 516. The number of benzene rings is 1. The van der Waals surface area contributed by atoms with Crippen LogP contribution in [0.2, 0.25) is 0 Å². The van der Waals surface area contributed by atoms with E-state index in [2.05, 4.69) is 10.6 Å². The van der Waals surface area contributed by atoms with E-state index in [0.717, 1.165) is 36.6 Å². The van der Waals surface area contributed by atoms with Crippen LogP contribution in [0.15, 0.2) is 18.2 Å². The molecule has 1 unspecified atom stereocenters. The molecule has 6 heteroatoms. The molecule has 6 nitrogen and oxygen atoms in total. The van der Waals surface area contributed by atoms with Crippen molar-refractivity contribution in [3.8, 4) is 11.5 Å². The van der Waals surface area contributed by atoms with Crippen LogP contribution in [0.4, 0.5) is 0 Å². The van der Waals surface area contributed by atoms with Crippen LogP contribution in [-0.2, 0) is 16.0 Å². The molecule has 0 aliphatic carbocycles. The van der Waals surface area contributed by atoms with E-state index in [9.17, 15) is 4.79 Å². The summed E-state index contributed by atoms with van der Waals surface area (Å²) >= 11 is 0. The third-order valence-corrected chi connectivity index (χ3v) is 3.76. The Balaban J connectivity index is 1.78.